The van der Waals surface area contributed by atoms with Gasteiger partial charge < -0.3 is 0 Å². The zero-order valence-electron chi connectivity index (χ0n) is 10.3. The molecule has 0 bridgehead atoms. The molecule has 21 heavy (non-hydrogen) atoms. The maximum absolute atomic E-state index is 13.4. The molecule has 3 nitrogen and oxygen atoms in total. The van der Waals surface area contributed by atoms with Crippen molar-refractivity contribution in [1.82, 2.24) is 4.31 Å². The first-order valence-corrected chi connectivity index (χ1v) is 7.15. The monoisotopic (exact) mass is 349 g/mol. The lowest BCUT2D eigenvalue weighted by molar-refractivity contribution is -0.315. The molecule has 0 aliphatic carbocycles. The van der Waals surface area contributed by atoms with Crippen molar-refractivity contribution in [3.63, 3.8) is 0 Å². The molecule has 0 N–H and O–H groups in total. The van der Waals surface area contributed by atoms with Gasteiger partial charge in [-0.3, -0.25) is 0 Å². The normalized spacial score (nSPS) is 20.0. The van der Waals surface area contributed by atoms with E-state index in [0.29, 0.717) is 6.42 Å². The molecule has 0 aromatic heterocycles. The fourth-order valence-corrected chi connectivity index (χ4v) is 3.28. The van der Waals surface area contributed by atoms with E-state index in [-0.39, 0.29) is 17.1 Å². The summed E-state index contributed by atoms with van der Waals surface area (Å²) in [5.41, 5.74) is 0. The Kier molecular flexibility index (Phi) is 4.84. The first-order chi connectivity index (χ1) is 9.30. The predicted molar refractivity (Wildman–Crippen MR) is 55.2 cm³/mol. The van der Waals surface area contributed by atoms with Gasteiger partial charge in [-0.1, -0.05) is 6.42 Å². The second-order valence-corrected chi connectivity index (χ2v) is 6.46. The van der Waals surface area contributed by atoms with E-state index >= 15 is 0 Å². The first kappa shape index (κ1) is 18.4. The van der Waals surface area contributed by atoms with Gasteiger partial charge in [0, 0.05) is 13.1 Å². The van der Waals surface area contributed by atoms with Crippen LogP contribution in [0, 0.1) is 0 Å². The van der Waals surface area contributed by atoms with Crippen LogP contribution in [0.5, 0.6) is 0 Å². The zero-order valence-corrected chi connectivity index (χ0v) is 11.1. The number of nitrogens with zero attached hydrogens (tertiary/aromatic N) is 1. The molecule has 1 fully saturated rings. The first-order valence-electron chi connectivity index (χ1n) is 5.71. The maximum atomic E-state index is 13.4. The van der Waals surface area contributed by atoms with Crippen molar-refractivity contribution in [2.45, 2.75) is 42.8 Å². The van der Waals surface area contributed by atoms with E-state index < -0.39 is 46.6 Å². The van der Waals surface area contributed by atoms with E-state index in [9.17, 15) is 43.5 Å². The summed E-state index contributed by atoms with van der Waals surface area (Å²) in [5.74, 6) is -13.2. The fourth-order valence-electron chi connectivity index (χ4n) is 1.76. The highest BCUT2D eigenvalue weighted by molar-refractivity contribution is 7.90. The van der Waals surface area contributed by atoms with Gasteiger partial charge in [-0.25, -0.2) is 17.2 Å². The third-order valence-electron chi connectivity index (χ3n) is 3.04. The number of alkyl halides is 8. The summed E-state index contributed by atoms with van der Waals surface area (Å²) in [4.78, 5) is 0. The lowest BCUT2D eigenvalue weighted by Crippen LogP contribution is -2.63. The van der Waals surface area contributed by atoms with Crippen LogP contribution < -0.4 is 0 Å². The smallest absolute Gasteiger partial charge is 0.206 e. The van der Waals surface area contributed by atoms with Crippen molar-refractivity contribution in [3.8, 4) is 0 Å². The third-order valence-corrected chi connectivity index (χ3v) is 4.99. The number of hydrogen-bond acceptors (Lipinski definition) is 2. The van der Waals surface area contributed by atoms with Crippen LogP contribution in [0.15, 0.2) is 0 Å². The summed E-state index contributed by atoms with van der Waals surface area (Å²) in [6.45, 7) is -1.12. The Morgan fingerprint density at radius 3 is 1.67 bits per heavy atom. The van der Waals surface area contributed by atoms with E-state index in [2.05, 4.69) is 0 Å². The van der Waals surface area contributed by atoms with Gasteiger partial charge in [0.2, 0.25) is 0 Å². The predicted octanol–water partition coefficient (Wildman–Crippen LogP) is 2.93. The molecule has 0 radical (unpaired) electrons. The standard InChI is InChI=1S/C9H11F8NO2S/c10-6(11)7(12,13)8(14,15)9(16,17)21(19,20)18-4-2-1-3-5-18/h6H,1-5H2. The molecule has 12 heteroatoms. The molecule has 1 aliphatic heterocycles. The van der Waals surface area contributed by atoms with Crippen molar-refractivity contribution in [3.05, 3.63) is 0 Å². The highest BCUT2D eigenvalue weighted by Gasteiger charge is 2.80. The fraction of sp³-hybridized carbons (Fsp3) is 1.00. The molecule has 0 atom stereocenters. The Hall–Kier alpha value is -0.650. The lowest BCUT2D eigenvalue weighted by atomic mass is 10.2. The minimum absolute atomic E-state index is 0.0755. The van der Waals surface area contributed by atoms with Gasteiger partial charge >= 0.3 is 23.5 Å². The molecule has 1 heterocycles. The Labute approximate surface area is 114 Å². The zero-order chi connectivity index (χ0) is 16.7. The van der Waals surface area contributed by atoms with E-state index in [1.807, 2.05) is 0 Å². The van der Waals surface area contributed by atoms with Gasteiger partial charge in [-0.15, -0.1) is 0 Å². The molecule has 1 aliphatic rings. The van der Waals surface area contributed by atoms with Gasteiger partial charge in [0.1, 0.15) is 0 Å². The molecule has 0 saturated carbocycles. The second kappa shape index (κ2) is 5.52. The van der Waals surface area contributed by atoms with E-state index in [4.69, 9.17) is 0 Å². The Morgan fingerprint density at radius 2 is 1.29 bits per heavy atom. The Morgan fingerprint density at radius 1 is 0.857 bits per heavy atom. The Balaban J connectivity index is 3.24. The summed E-state index contributed by atoms with van der Waals surface area (Å²) >= 11 is 0. The average Bonchev–Trinajstić information content (AvgIpc) is 2.38. The number of sulfonamides is 1. The molecule has 0 aromatic carbocycles. The lowest BCUT2D eigenvalue weighted by Gasteiger charge is -2.35. The van der Waals surface area contributed by atoms with Crippen molar-refractivity contribution in [2.75, 3.05) is 13.1 Å². The van der Waals surface area contributed by atoms with E-state index in [1.165, 1.54) is 0 Å². The van der Waals surface area contributed by atoms with Crippen molar-refractivity contribution >= 4 is 10.0 Å². The van der Waals surface area contributed by atoms with Crippen LogP contribution in [0.25, 0.3) is 0 Å². The van der Waals surface area contributed by atoms with Gasteiger partial charge in [-0.2, -0.15) is 30.6 Å². The van der Waals surface area contributed by atoms with Gasteiger partial charge in [0.25, 0.3) is 10.0 Å². The molecular formula is C9H11F8NO2S. The minimum Gasteiger partial charge on any atom is -0.206 e. The quantitative estimate of drug-likeness (QED) is 0.716. The van der Waals surface area contributed by atoms with Gasteiger partial charge in [-0.05, 0) is 12.8 Å². The molecule has 126 valence electrons. The highest BCUT2D eigenvalue weighted by atomic mass is 32.2. The summed E-state index contributed by atoms with van der Waals surface area (Å²) < 4.78 is 125. The van der Waals surface area contributed by atoms with Crippen LogP contribution in [-0.2, 0) is 10.0 Å². The van der Waals surface area contributed by atoms with Crippen LogP contribution in [-0.4, -0.2) is 49.3 Å². The summed E-state index contributed by atoms with van der Waals surface area (Å²) in [6.07, 6.45) is -4.55. The van der Waals surface area contributed by atoms with Gasteiger partial charge in [0.05, 0.1) is 0 Å². The van der Waals surface area contributed by atoms with Crippen LogP contribution in [0.2, 0.25) is 0 Å². The molecule has 1 saturated heterocycles. The van der Waals surface area contributed by atoms with Crippen LogP contribution in [0.4, 0.5) is 35.1 Å². The minimum atomic E-state index is -6.75. The van der Waals surface area contributed by atoms with Crippen LogP contribution >= 0.6 is 0 Å². The number of piperidine rings is 1. The average molecular weight is 349 g/mol. The van der Waals surface area contributed by atoms with Crippen molar-refractivity contribution in [1.29, 1.82) is 0 Å². The van der Waals surface area contributed by atoms with Crippen LogP contribution in [0.3, 0.4) is 0 Å². The summed E-state index contributed by atoms with van der Waals surface area (Å²) in [7, 11) is -6.20. The number of halogens is 8. The van der Waals surface area contributed by atoms with Crippen molar-refractivity contribution < 1.29 is 43.5 Å². The number of rotatable bonds is 5. The highest BCUT2D eigenvalue weighted by Crippen LogP contribution is 2.51. The largest absolute Gasteiger partial charge is 0.427 e. The SMILES string of the molecule is O=S(=O)(N1CCCCC1)C(F)(F)C(F)(F)C(F)(F)C(F)F. The molecule has 0 spiro atoms. The maximum Gasteiger partial charge on any atom is 0.427 e. The van der Waals surface area contributed by atoms with E-state index in [0.717, 1.165) is 0 Å². The molecule has 0 unspecified atom stereocenters. The third kappa shape index (κ3) is 2.71. The van der Waals surface area contributed by atoms with E-state index in [1.54, 1.807) is 0 Å². The second-order valence-electron chi connectivity index (χ2n) is 4.48. The summed E-state index contributed by atoms with van der Waals surface area (Å²) in [5, 5.41) is -6.35. The topological polar surface area (TPSA) is 37.4 Å². The van der Waals surface area contributed by atoms with Gasteiger partial charge in [0.15, 0.2) is 0 Å². The van der Waals surface area contributed by atoms with Crippen LogP contribution in [0.1, 0.15) is 19.3 Å². The molecule has 0 aromatic rings. The molecular weight excluding hydrogens is 338 g/mol. The molecule has 0 amide bonds. The Bertz CT molecular complexity index is 472. The molecule has 1 rings (SSSR count). The van der Waals surface area contributed by atoms with Crippen molar-refractivity contribution in [2.24, 2.45) is 0 Å². The number of hydrogen-bond donors (Lipinski definition) is 0. The summed E-state index contributed by atoms with van der Waals surface area (Å²) in [6, 6.07) is 0.